The number of aliphatic hydroxyl groups is 1. The van der Waals surface area contributed by atoms with Gasteiger partial charge in [0.25, 0.3) is 0 Å². The van der Waals surface area contributed by atoms with E-state index in [1.54, 1.807) is 25.2 Å². The summed E-state index contributed by atoms with van der Waals surface area (Å²) in [6.07, 6.45) is 0.426. The molecule has 0 radical (unpaired) electrons. The van der Waals surface area contributed by atoms with E-state index in [1.807, 2.05) is 12.1 Å². The van der Waals surface area contributed by atoms with E-state index < -0.39 is 0 Å². The molecule has 1 heterocycles. The Bertz CT molecular complexity index is 461. The molecular formula is C14H19NO4. The molecule has 1 amide bonds. The molecule has 1 atom stereocenters. The minimum atomic E-state index is 0.0525. The number of aliphatic hydroxyl groups excluding tert-OH is 1. The fraction of sp³-hybridized carbons (Fsp3) is 0.500. The summed E-state index contributed by atoms with van der Waals surface area (Å²) in [6, 6.07) is 5.55. The summed E-state index contributed by atoms with van der Waals surface area (Å²) in [4.78, 5) is 13.6. The van der Waals surface area contributed by atoms with Gasteiger partial charge in [-0.2, -0.15) is 0 Å². The van der Waals surface area contributed by atoms with E-state index in [0.29, 0.717) is 25.3 Å². The third-order valence-corrected chi connectivity index (χ3v) is 3.41. The molecule has 5 nitrogen and oxygen atoms in total. The summed E-state index contributed by atoms with van der Waals surface area (Å²) >= 11 is 0. The van der Waals surface area contributed by atoms with Crippen LogP contribution in [0.15, 0.2) is 18.2 Å². The van der Waals surface area contributed by atoms with Gasteiger partial charge in [-0.25, -0.2) is 0 Å². The second kappa shape index (κ2) is 5.93. The number of amides is 1. The van der Waals surface area contributed by atoms with E-state index in [0.717, 1.165) is 11.3 Å². The highest BCUT2D eigenvalue weighted by Crippen LogP contribution is 2.28. The van der Waals surface area contributed by atoms with Gasteiger partial charge in [0.2, 0.25) is 5.91 Å². The molecule has 1 aliphatic heterocycles. The molecule has 5 heteroatoms. The molecule has 1 aromatic rings. The summed E-state index contributed by atoms with van der Waals surface area (Å²) in [7, 11) is 3.20. The Morgan fingerprint density at radius 2 is 2.16 bits per heavy atom. The standard InChI is InChI=1S/C14H19NO4/c1-18-12-4-3-11(13(6-12)19-2)8-15-7-10(9-16)5-14(15)17/h3-4,6,10,16H,5,7-9H2,1-2H3/t10-/m1/s1. The fourth-order valence-corrected chi connectivity index (χ4v) is 2.32. The van der Waals surface area contributed by atoms with Crippen molar-refractivity contribution in [1.82, 2.24) is 4.90 Å². The van der Waals surface area contributed by atoms with E-state index >= 15 is 0 Å². The molecule has 0 bridgehead atoms. The average molecular weight is 265 g/mol. The van der Waals surface area contributed by atoms with Gasteiger partial charge in [-0.1, -0.05) is 0 Å². The monoisotopic (exact) mass is 265 g/mol. The third kappa shape index (κ3) is 2.98. The summed E-state index contributed by atoms with van der Waals surface area (Å²) in [5.74, 6) is 1.56. The van der Waals surface area contributed by atoms with Crippen LogP contribution in [0.2, 0.25) is 0 Å². The second-order valence-corrected chi connectivity index (χ2v) is 4.70. The van der Waals surface area contributed by atoms with Gasteiger partial charge in [0.1, 0.15) is 11.5 Å². The third-order valence-electron chi connectivity index (χ3n) is 3.41. The molecule has 1 fully saturated rings. The second-order valence-electron chi connectivity index (χ2n) is 4.70. The van der Waals surface area contributed by atoms with Crippen molar-refractivity contribution in [3.8, 4) is 11.5 Å². The minimum absolute atomic E-state index is 0.0525. The van der Waals surface area contributed by atoms with Crippen molar-refractivity contribution < 1.29 is 19.4 Å². The van der Waals surface area contributed by atoms with E-state index in [-0.39, 0.29) is 18.4 Å². The smallest absolute Gasteiger partial charge is 0.223 e. The fourth-order valence-electron chi connectivity index (χ4n) is 2.32. The van der Waals surface area contributed by atoms with E-state index in [4.69, 9.17) is 14.6 Å². The quantitative estimate of drug-likeness (QED) is 0.864. The Morgan fingerprint density at radius 3 is 2.74 bits per heavy atom. The van der Waals surface area contributed by atoms with Gasteiger partial charge < -0.3 is 19.5 Å². The number of carbonyl (C=O) groups excluding carboxylic acids is 1. The van der Waals surface area contributed by atoms with Crippen LogP contribution < -0.4 is 9.47 Å². The lowest BCUT2D eigenvalue weighted by Gasteiger charge is -2.18. The van der Waals surface area contributed by atoms with Gasteiger partial charge in [0.05, 0.1) is 14.2 Å². The molecule has 0 unspecified atom stereocenters. The molecule has 0 aliphatic carbocycles. The van der Waals surface area contributed by atoms with Crippen molar-refractivity contribution in [2.45, 2.75) is 13.0 Å². The van der Waals surface area contributed by atoms with Crippen LogP contribution in [0.25, 0.3) is 0 Å². The molecule has 0 aromatic heterocycles. The summed E-state index contributed by atoms with van der Waals surface area (Å²) in [5.41, 5.74) is 0.940. The first kappa shape index (κ1) is 13.7. The number of hydrogen-bond acceptors (Lipinski definition) is 4. The van der Waals surface area contributed by atoms with E-state index in [2.05, 4.69) is 0 Å². The van der Waals surface area contributed by atoms with Crippen LogP contribution in [0.5, 0.6) is 11.5 Å². The summed E-state index contributed by atoms with van der Waals surface area (Å²) in [5, 5.41) is 9.12. The van der Waals surface area contributed by atoms with Crippen molar-refractivity contribution in [1.29, 1.82) is 0 Å². The highest BCUT2D eigenvalue weighted by molar-refractivity contribution is 5.78. The van der Waals surface area contributed by atoms with Crippen molar-refractivity contribution in [3.63, 3.8) is 0 Å². The van der Waals surface area contributed by atoms with Crippen molar-refractivity contribution in [3.05, 3.63) is 23.8 Å². The van der Waals surface area contributed by atoms with E-state index in [1.165, 1.54) is 0 Å². The first-order chi connectivity index (χ1) is 9.17. The molecular weight excluding hydrogens is 246 g/mol. The Balaban J connectivity index is 2.13. The highest BCUT2D eigenvalue weighted by atomic mass is 16.5. The minimum Gasteiger partial charge on any atom is -0.497 e. The lowest BCUT2D eigenvalue weighted by Crippen LogP contribution is -2.25. The van der Waals surface area contributed by atoms with Gasteiger partial charge >= 0.3 is 0 Å². The zero-order valence-electron chi connectivity index (χ0n) is 11.3. The maximum Gasteiger partial charge on any atom is 0.223 e. The predicted octanol–water partition coefficient (Wildman–Crippen LogP) is 1.04. The molecule has 1 aliphatic rings. The SMILES string of the molecule is COc1ccc(CN2C[C@H](CO)CC2=O)c(OC)c1. The summed E-state index contributed by atoms with van der Waals surface area (Å²) < 4.78 is 10.5. The van der Waals surface area contributed by atoms with Crippen LogP contribution in [0.1, 0.15) is 12.0 Å². The number of benzene rings is 1. The topological polar surface area (TPSA) is 59.0 Å². The Morgan fingerprint density at radius 1 is 1.37 bits per heavy atom. The number of carbonyl (C=O) groups is 1. The number of ether oxygens (including phenoxy) is 2. The summed E-state index contributed by atoms with van der Waals surface area (Å²) in [6.45, 7) is 1.16. The number of nitrogens with zero attached hydrogens (tertiary/aromatic N) is 1. The Hall–Kier alpha value is -1.75. The number of hydrogen-bond donors (Lipinski definition) is 1. The van der Waals surface area contributed by atoms with Crippen molar-refractivity contribution >= 4 is 5.91 Å². The predicted molar refractivity (Wildman–Crippen MR) is 70.2 cm³/mol. The maximum absolute atomic E-state index is 11.8. The van der Waals surface area contributed by atoms with Gasteiger partial charge in [-0.15, -0.1) is 0 Å². The molecule has 1 N–H and O–H groups in total. The lowest BCUT2D eigenvalue weighted by molar-refractivity contribution is -0.128. The van der Waals surface area contributed by atoms with Crippen molar-refractivity contribution in [2.75, 3.05) is 27.4 Å². The largest absolute Gasteiger partial charge is 0.497 e. The molecule has 1 saturated heterocycles. The van der Waals surface area contributed by atoms with Crippen LogP contribution >= 0.6 is 0 Å². The number of rotatable bonds is 5. The number of methoxy groups -OCH3 is 2. The van der Waals surface area contributed by atoms with Crippen LogP contribution in [-0.2, 0) is 11.3 Å². The van der Waals surface area contributed by atoms with Crippen LogP contribution in [0.3, 0.4) is 0 Å². The van der Waals surface area contributed by atoms with Crippen molar-refractivity contribution in [2.24, 2.45) is 5.92 Å². The Kier molecular flexibility index (Phi) is 4.27. The van der Waals surface area contributed by atoms with Crippen LogP contribution in [0, 0.1) is 5.92 Å². The lowest BCUT2D eigenvalue weighted by atomic mass is 10.1. The maximum atomic E-state index is 11.8. The first-order valence-electron chi connectivity index (χ1n) is 6.27. The molecule has 104 valence electrons. The van der Waals surface area contributed by atoms with Gasteiger partial charge in [0, 0.05) is 43.7 Å². The Labute approximate surface area is 112 Å². The van der Waals surface area contributed by atoms with E-state index in [9.17, 15) is 4.79 Å². The molecule has 0 spiro atoms. The zero-order chi connectivity index (χ0) is 13.8. The molecule has 0 saturated carbocycles. The normalized spacial score (nSPS) is 18.8. The average Bonchev–Trinajstić information content (AvgIpc) is 2.80. The number of likely N-dealkylation sites (tertiary alicyclic amines) is 1. The van der Waals surface area contributed by atoms with Crippen LogP contribution in [-0.4, -0.2) is 43.3 Å². The first-order valence-corrected chi connectivity index (χ1v) is 6.27. The molecule has 19 heavy (non-hydrogen) atoms. The van der Waals surface area contributed by atoms with Gasteiger partial charge in [-0.3, -0.25) is 4.79 Å². The van der Waals surface area contributed by atoms with Gasteiger partial charge in [0.15, 0.2) is 0 Å². The van der Waals surface area contributed by atoms with Gasteiger partial charge in [-0.05, 0) is 12.1 Å². The van der Waals surface area contributed by atoms with Crippen LogP contribution in [0.4, 0.5) is 0 Å². The molecule has 2 rings (SSSR count). The molecule has 1 aromatic carbocycles. The highest BCUT2D eigenvalue weighted by Gasteiger charge is 2.29. The zero-order valence-corrected chi connectivity index (χ0v) is 11.3.